The van der Waals surface area contributed by atoms with E-state index in [1.54, 1.807) is 0 Å². The van der Waals surface area contributed by atoms with Gasteiger partial charge in [0.05, 0.1) is 5.71 Å². The predicted octanol–water partition coefficient (Wildman–Crippen LogP) is 4.95. The SMILES string of the molecule is C#[N+]c1ccc2c(c1)CC/C2=N\O[Si](C)(C)C(C)(C)C. The van der Waals surface area contributed by atoms with Gasteiger partial charge in [0.15, 0.2) is 0 Å². The molecule has 0 saturated carbocycles. The summed E-state index contributed by atoms with van der Waals surface area (Å²) in [6.07, 6.45) is 1.91. The van der Waals surface area contributed by atoms with Gasteiger partial charge in [-0.05, 0) is 47.4 Å². The van der Waals surface area contributed by atoms with Gasteiger partial charge in [-0.3, -0.25) is 0 Å². The molecule has 1 aliphatic rings. The summed E-state index contributed by atoms with van der Waals surface area (Å²) in [4.78, 5) is 3.73. The van der Waals surface area contributed by atoms with E-state index in [-0.39, 0.29) is 5.04 Å². The van der Waals surface area contributed by atoms with E-state index in [0.29, 0.717) is 0 Å². The third-order valence-electron chi connectivity index (χ3n) is 4.37. The Labute approximate surface area is 122 Å². The van der Waals surface area contributed by atoms with Gasteiger partial charge in [0.2, 0.25) is 0 Å². The van der Waals surface area contributed by atoms with Gasteiger partial charge in [0.1, 0.15) is 0 Å². The summed E-state index contributed by atoms with van der Waals surface area (Å²) in [7, 11) is -1.84. The highest BCUT2D eigenvalue weighted by atomic mass is 28.4. The van der Waals surface area contributed by atoms with E-state index in [1.165, 1.54) is 11.1 Å². The van der Waals surface area contributed by atoms with E-state index in [0.717, 1.165) is 24.2 Å². The molecule has 0 bridgehead atoms. The maximum atomic E-state index is 5.97. The summed E-state index contributed by atoms with van der Waals surface area (Å²) in [5.41, 5.74) is 4.30. The quantitative estimate of drug-likeness (QED) is 0.558. The fourth-order valence-corrected chi connectivity index (χ4v) is 2.55. The van der Waals surface area contributed by atoms with E-state index in [9.17, 15) is 0 Å². The first-order chi connectivity index (χ1) is 9.24. The van der Waals surface area contributed by atoms with Crippen LogP contribution >= 0.6 is 0 Å². The second-order valence-electron chi connectivity index (χ2n) is 6.86. The zero-order valence-corrected chi connectivity index (χ0v) is 14.0. The molecular formula is C16H23N2OSi+. The van der Waals surface area contributed by atoms with E-state index >= 15 is 0 Å². The fourth-order valence-electron chi connectivity index (χ4n) is 1.94. The molecule has 106 valence electrons. The van der Waals surface area contributed by atoms with Gasteiger partial charge < -0.3 is 4.53 Å². The lowest BCUT2D eigenvalue weighted by molar-refractivity contribution is 0.307. The number of fused-ring (bicyclic) bond motifs is 1. The Morgan fingerprint density at radius 2 is 1.95 bits per heavy atom. The Kier molecular flexibility index (Phi) is 3.75. The molecule has 0 N–H and O–H groups in total. The van der Waals surface area contributed by atoms with Gasteiger partial charge in [-0.2, -0.15) is 0 Å². The summed E-state index contributed by atoms with van der Waals surface area (Å²) in [6.45, 7) is 16.4. The van der Waals surface area contributed by atoms with E-state index < -0.39 is 8.32 Å². The Bertz CT molecular complexity index is 591. The maximum absolute atomic E-state index is 5.97. The first-order valence-corrected chi connectivity index (χ1v) is 9.95. The van der Waals surface area contributed by atoms with Crippen molar-refractivity contribution in [2.24, 2.45) is 5.16 Å². The molecule has 0 atom stereocenters. The summed E-state index contributed by atoms with van der Waals surface area (Å²) in [6, 6.07) is 6.00. The van der Waals surface area contributed by atoms with E-state index in [1.807, 2.05) is 18.2 Å². The van der Waals surface area contributed by atoms with Crippen LogP contribution in [0.3, 0.4) is 0 Å². The third-order valence-corrected chi connectivity index (χ3v) is 8.53. The molecule has 0 fully saturated rings. The van der Waals surface area contributed by atoms with Crippen molar-refractivity contribution >= 4 is 19.7 Å². The lowest BCUT2D eigenvalue weighted by Crippen LogP contribution is -2.39. The van der Waals surface area contributed by atoms with Crippen LogP contribution < -0.4 is 0 Å². The molecule has 2 rings (SSSR count). The molecule has 20 heavy (non-hydrogen) atoms. The van der Waals surface area contributed by atoms with Gasteiger partial charge in [-0.15, -0.1) is 5.16 Å². The van der Waals surface area contributed by atoms with Crippen molar-refractivity contribution in [2.75, 3.05) is 0 Å². The Hall–Kier alpha value is -1.60. The number of hydrogen-bond donors (Lipinski definition) is 0. The third kappa shape index (κ3) is 2.78. The van der Waals surface area contributed by atoms with Crippen LogP contribution in [0.5, 0.6) is 0 Å². The normalized spacial score (nSPS) is 16.9. The van der Waals surface area contributed by atoms with Crippen LogP contribution in [-0.2, 0) is 10.9 Å². The highest BCUT2D eigenvalue weighted by Gasteiger charge is 2.40. The smallest absolute Gasteiger partial charge is 0.340 e. The molecule has 1 aromatic rings. The molecule has 1 aliphatic carbocycles. The maximum Gasteiger partial charge on any atom is 0.340 e. The molecule has 0 saturated heterocycles. The molecule has 1 aromatic carbocycles. The Morgan fingerprint density at radius 1 is 1.25 bits per heavy atom. The van der Waals surface area contributed by atoms with Crippen molar-refractivity contribution in [2.45, 2.75) is 51.7 Å². The molecule has 0 unspecified atom stereocenters. The minimum atomic E-state index is -1.84. The average Bonchev–Trinajstić information content (AvgIpc) is 2.77. The van der Waals surface area contributed by atoms with Gasteiger partial charge in [0.25, 0.3) is 14.9 Å². The second-order valence-corrected chi connectivity index (χ2v) is 11.6. The standard InChI is InChI=1S/C16H23N2OSi/c1-16(2,3)20(5,6)19-18-15-10-7-12-11-13(17-4)8-9-14(12)15/h4,8-9,11H,7,10H2,1-3,5-6H3/q+1/b18-15+. The fraction of sp³-hybridized carbons (Fsp3) is 0.500. The molecule has 0 amide bonds. The van der Waals surface area contributed by atoms with Crippen molar-refractivity contribution in [1.29, 1.82) is 0 Å². The van der Waals surface area contributed by atoms with Crippen LogP contribution in [0.4, 0.5) is 5.69 Å². The number of hydrogen-bond acceptors (Lipinski definition) is 2. The zero-order valence-electron chi connectivity index (χ0n) is 13.0. The molecule has 0 spiro atoms. The highest BCUT2D eigenvalue weighted by molar-refractivity contribution is 6.74. The molecule has 3 nitrogen and oxygen atoms in total. The number of aryl methyl sites for hydroxylation is 1. The highest BCUT2D eigenvalue weighted by Crippen LogP contribution is 2.37. The summed E-state index contributed by atoms with van der Waals surface area (Å²) in [5, 5.41) is 4.64. The minimum absolute atomic E-state index is 0.167. The topological polar surface area (TPSA) is 25.9 Å². The summed E-state index contributed by atoms with van der Waals surface area (Å²) in [5.74, 6) is 0. The van der Waals surface area contributed by atoms with Crippen molar-refractivity contribution in [3.05, 3.63) is 34.2 Å². The van der Waals surface area contributed by atoms with Crippen LogP contribution in [0, 0.1) is 6.57 Å². The lowest BCUT2D eigenvalue weighted by Gasteiger charge is -2.33. The van der Waals surface area contributed by atoms with Crippen LogP contribution in [-0.4, -0.2) is 14.0 Å². The average molecular weight is 287 g/mol. The van der Waals surface area contributed by atoms with Crippen LogP contribution in [0.25, 0.3) is 4.85 Å². The van der Waals surface area contributed by atoms with E-state index in [4.69, 9.17) is 11.1 Å². The minimum Gasteiger partial charge on any atom is -0.455 e. The molecule has 0 aromatic heterocycles. The molecule has 0 radical (unpaired) electrons. The van der Waals surface area contributed by atoms with Crippen LogP contribution in [0.1, 0.15) is 38.3 Å². The van der Waals surface area contributed by atoms with Gasteiger partial charge in [-0.25, -0.2) is 0 Å². The summed E-state index contributed by atoms with van der Waals surface area (Å²) >= 11 is 0. The second kappa shape index (κ2) is 5.06. The van der Waals surface area contributed by atoms with E-state index in [2.05, 4.69) is 43.9 Å². The van der Waals surface area contributed by atoms with Crippen LogP contribution in [0.15, 0.2) is 23.4 Å². The Balaban J connectivity index is 2.23. The number of rotatable bonds is 2. The van der Waals surface area contributed by atoms with Gasteiger partial charge in [-0.1, -0.05) is 20.8 Å². The summed E-state index contributed by atoms with van der Waals surface area (Å²) < 4.78 is 5.97. The first kappa shape index (κ1) is 14.8. The lowest BCUT2D eigenvalue weighted by atomic mass is 10.1. The van der Waals surface area contributed by atoms with Gasteiger partial charge >= 0.3 is 5.69 Å². The van der Waals surface area contributed by atoms with Crippen molar-refractivity contribution in [1.82, 2.24) is 0 Å². The largest absolute Gasteiger partial charge is 0.455 e. The Morgan fingerprint density at radius 3 is 2.55 bits per heavy atom. The number of nitrogens with zero attached hydrogens (tertiary/aromatic N) is 2. The van der Waals surface area contributed by atoms with Crippen molar-refractivity contribution in [3.8, 4) is 6.57 Å². The van der Waals surface area contributed by atoms with Crippen molar-refractivity contribution < 1.29 is 4.53 Å². The molecule has 0 heterocycles. The van der Waals surface area contributed by atoms with Crippen molar-refractivity contribution in [3.63, 3.8) is 0 Å². The number of oxime groups is 1. The van der Waals surface area contributed by atoms with Gasteiger partial charge in [0, 0.05) is 17.7 Å². The van der Waals surface area contributed by atoms with Crippen LogP contribution in [0.2, 0.25) is 18.1 Å². The monoisotopic (exact) mass is 287 g/mol. The molecule has 4 heteroatoms. The molecule has 0 aliphatic heterocycles. The first-order valence-electron chi connectivity index (χ1n) is 7.04. The molecular weight excluding hydrogens is 264 g/mol. The predicted molar refractivity (Wildman–Crippen MR) is 87.5 cm³/mol. The zero-order chi connectivity index (χ0) is 15.0. The number of benzene rings is 1.